The fraction of sp³-hybridized carbons (Fsp3) is 0.214. The second-order valence-corrected chi connectivity index (χ2v) is 3.85. The van der Waals surface area contributed by atoms with Gasteiger partial charge in [0.05, 0.1) is 0 Å². The summed E-state index contributed by atoms with van der Waals surface area (Å²) in [5, 5.41) is 0. The third-order valence-electron chi connectivity index (χ3n) is 2.70. The van der Waals surface area contributed by atoms with E-state index >= 15 is 0 Å². The van der Waals surface area contributed by atoms with Gasteiger partial charge >= 0.3 is 0 Å². The molecule has 1 aromatic carbocycles. The van der Waals surface area contributed by atoms with Crippen LogP contribution in [0, 0.1) is 5.82 Å². The van der Waals surface area contributed by atoms with Crippen LogP contribution in [0.2, 0.25) is 0 Å². The van der Waals surface area contributed by atoms with E-state index in [4.69, 9.17) is 13.9 Å². The largest absolute Gasteiger partial charge is 0.453 e. The van der Waals surface area contributed by atoms with E-state index < -0.39 is 12.1 Å². The minimum atomic E-state index is -0.713. The van der Waals surface area contributed by atoms with Crippen molar-refractivity contribution in [1.82, 2.24) is 0 Å². The SMILES string of the molecule is COC(OC)c1cc(F)ccc1-c1ccc(C=O)o1. The predicted molar refractivity (Wildman–Crippen MR) is 66.2 cm³/mol. The van der Waals surface area contributed by atoms with E-state index in [0.29, 0.717) is 23.2 Å². The zero-order valence-corrected chi connectivity index (χ0v) is 10.6. The quantitative estimate of drug-likeness (QED) is 0.614. The fourth-order valence-corrected chi connectivity index (χ4v) is 1.86. The molecule has 0 bridgehead atoms. The molecule has 0 aliphatic heterocycles. The van der Waals surface area contributed by atoms with Crippen LogP contribution in [0.15, 0.2) is 34.7 Å². The third kappa shape index (κ3) is 2.72. The minimum Gasteiger partial charge on any atom is -0.453 e. The fourth-order valence-electron chi connectivity index (χ4n) is 1.86. The van der Waals surface area contributed by atoms with Gasteiger partial charge in [0.25, 0.3) is 0 Å². The van der Waals surface area contributed by atoms with Crippen molar-refractivity contribution < 1.29 is 23.1 Å². The summed E-state index contributed by atoms with van der Waals surface area (Å²) in [5.41, 5.74) is 1.11. The molecule has 0 fully saturated rings. The first-order chi connectivity index (χ1) is 9.19. The summed E-state index contributed by atoms with van der Waals surface area (Å²) < 4.78 is 29.0. The highest BCUT2D eigenvalue weighted by Gasteiger charge is 2.18. The molecule has 0 saturated heterocycles. The van der Waals surface area contributed by atoms with Gasteiger partial charge in [-0.3, -0.25) is 4.79 Å². The van der Waals surface area contributed by atoms with E-state index in [1.54, 1.807) is 18.2 Å². The molecule has 2 aromatic rings. The lowest BCUT2D eigenvalue weighted by atomic mass is 10.0. The zero-order valence-electron chi connectivity index (χ0n) is 10.6. The summed E-state index contributed by atoms with van der Waals surface area (Å²) >= 11 is 0. The van der Waals surface area contributed by atoms with Crippen LogP contribution in [0.4, 0.5) is 4.39 Å². The lowest BCUT2D eigenvalue weighted by Gasteiger charge is -2.16. The Balaban J connectivity index is 2.52. The van der Waals surface area contributed by atoms with Gasteiger partial charge in [-0.15, -0.1) is 0 Å². The highest BCUT2D eigenvalue weighted by atomic mass is 19.1. The molecule has 0 spiro atoms. The Hall–Kier alpha value is -1.98. The summed E-state index contributed by atoms with van der Waals surface area (Å²) in [6.45, 7) is 0. The van der Waals surface area contributed by atoms with Gasteiger partial charge in [-0.1, -0.05) is 0 Å². The molecule has 0 amide bonds. The van der Waals surface area contributed by atoms with E-state index in [1.807, 2.05) is 0 Å². The second kappa shape index (κ2) is 5.77. The molecular formula is C14H13FO4. The predicted octanol–water partition coefficient (Wildman–Crippen LogP) is 3.19. The van der Waals surface area contributed by atoms with Crippen molar-refractivity contribution in [3.63, 3.8) is 0 Å². The van der Waals surface area contributed by atoms with Gasteiger partial charge in [0.2, 0.25) is 0 Å². The summed E-state index contributed by atoms with van der Waals surface area (Å²) in [6.07, 6.45) is -0.105. The molecule has 0 N–H and O–H groups in total. The maximum atomic E-state index is 13.4. The number of benzene rings is 1. The Bertz CT molecular complexity index is 573. The molecule has 0 unspecified atom stereocenters. The van der Waals surface area contributed by atoms with Crippen molar-refractivity contribution in [1.29, 1.82) is 0 Å². The first-order valence-electron chi connectivity index (χ1n) is 5.60. The van der Waals surface area contributed by atoms with Gasteiger partial charge in [0, 0.05) is 25.3 Å². The smallest absolute Gasteiger partial charge is 0.185 e. The standard InChI is InChI=1S/C14H13FO4/c1-17-14(18-2)12-7-9(15)3-5-11(12)13-6-4-10(8-16)19-13/h3-8,14H,1-2H3. The number of hydrogen-bond donors (Lipinski definition) is 0. The van der Waals surface area contributed by atoms with E-state index in [0.717, 1.165) is 0 Å². The maximum absolute atomic E-state index is 13.4. The maximum Gasteiger partial charge on any atom is 0.185 e. The molecule has 0 atom stereocenters. The first kappa shape index (κ1) is 13.5. The number of furan rings is 1. The van der Waals surface area contributed by atoms with Crippen LogP contribution >= 0.6 is 0 Å². The van der Waals surface area contributed by atoms with Crippen LogP contribution in [0.3, 0.4) is 0 Å². The summed E-state index contributed by atoms with van der Waals surface area (Å²) in [5.74, 6) is 0.257. The van der Waals surface area contributed by atoms with Crippen molar-refractivity contribution in [2.45, 2.75) is 6.29 Å². The van der Waals surface area contributed by atoms with Crippen molar-refractivity contribution in [3.8, 4) is 11.3 Å². The minimum absolute atomic E-state index is 0.205. The Morgan fingerprint density at radius 2 is 1.95 bits per heavy atom. The number of carbonyl (C=O) groups is 1. The Kier molecular flexibility index (Phi) is 4.09. The van der Waals surface area contributed by atoms with Gasteiger partial charge in [0.1, 0.15) is 11.6 Å². The van der Waals surface area contributed by atoms with Crippen LogP contribution in [0.5, 0.6) is 0 Å². The van der Waals surface area contributed by atoms with Crippen LogP contribution < -0.4 is 0 Å². The van der Waals surface area contributed by atoms with E-state index in [1.165, 1.54) is 26.4 Å². The lowest BCUT2D eigenvalue weighted by Crippen LogP contribution is -2.05. The number of ether oxygens (including phenoxy) is 2. The number of rotatable bonds is 5. The van der Waals surface area contributed by atoms with Crippen LogP contribution in [-0.4, -0.2) is 20.5 Å². The van der Waals surface area contributed by atoms with Gasteiger partial charge < -0.3 is 13.9 Å². The summed E-state index contributed by atoms with van der Waals surface area (Å²) in [6, 6.07) is 7.37. The Morgan fingerprint density at radius 3 is 2.53 bits per heavy atom. The third-order valence-corrected chi connectivity index (χ3v) is 2.70. The van der Waals surface area contributed by atoms with Gasteiger partial charge in [-0.2, -0.15) is 0 Å². The molecule has 0 radical (unpaired) electrons. The topological polar surface area (TPSA) is 48.7 Å². The van der Waals surface area contributed by atoms with Crippen molar-refractivity contribution in [3.05, 3.63) is 47.5 Å². The van der Waals surface area contributed by atoms with Gasteiger partial charge in [-0.05, 0) is 30.3 Å². The molecule has 0 aliphatic rings. The molecule has 19 heavy (non-hydrogen) atoms. The molecule has 5 heteroatoms. The van der Waals surface area contributed by atoms with Crippen LogP contribution in [-0.2, 0) is 9.47 Å². The van der Waals surface area contributed by atoms with E-state index in [-0.39, 0.29) is 5.76 Å². The average molecular weight is 264 g/mol. The number of aldehydes is 1. The number of hydrogen-bond acceptors (Lipinski definition) is 4. The molecule has 2 rings (SSSR count). The highest BCUT2D eigenvalue weighted by molar-refractivity contribution is 5.73. The van der Waals surface area contributed by atoms with Crippen molar-refractivity contribution >= 4 is 6.29 Å². The van der Waals surface area contributed by atoms with E-state index in [9.17, 15) is 9.18 Å². The Labute approximate surface area is 109 Å². The number of carbonyl (C=O) groups excluding carboxylic acids is 1. The molecule has 1 heterocycles. The van der Waals surface area contributed by atoms with Crippen LogP contribution in [0.25, 0.3) is 11.3 Å². The average Bonchev–Trinajstić information content (AvgIpc) is 2.89. The number of methoxy groups -OCH3 is 2. The Morgan fingerprint density at radius 1 is 1.21 bits per heavy atom. The molecule has 1 aromatic heterocycles. The van der Waals surface area contributed by atoms with Crippen molar-refractivity contribution in [2.75, 3.05) is 14.2 Å². The van der Waals surface area contributed by atoms with Gasteiger partial charge in [-0.25, -0.2) is 4.39 Å². The van der Waals surface area contributed by atoms with Crippen LogP contribution in [0.1, 0.15) is 22.4 Å². The molecule has 4 nitrogen and oxygen atoms in total. The van der Waals surface area contributed by atoms with Gasteiger partial charge in [0.15, 0.2) is 18.3 Å². The normalized spacial score (nSPS) is 10.9. The van der Waals surface area contributed by atoms with E-state index in [2.05, 4.69) is 0 Å². The first-order valence-corrected chi connectivity index (χ1v) is 5.60. The molecule has 100 valence electrons. The van der Waals surface area contributed by atoms with Crippen molar-refractivity contribution in [2.24, 2.45) is 0 Å². The summed E-state index contributed by atoms with van der Waals surface area (Å²) in [7, 11) is 2.92. The molecule has 0 aliphatic carbocycles. The highest BCUT2D eigenvalue weighted by Crippen LogP contribution is 2.31. The second-order valence-electron chi connectivity index (χ2n) is 3.85. The monoisotopic (exact) mass is 264 g/mol. The molecule has 0 saturated carbocycles. The number of halogens is 1. The lowest BCUT2D eigenvalue weighted by molar-refractivity contribution is -0.105. The molecular weight excluding hydrogens is 251 g/mol. The summed E-state index contributed by atoms with van der Waals surface area (Å²) in [4.78, 5) is 10.6. The zero-order chi connectivity index (χ0) is 13.8.